The molecule has 4 bridgehead atoms. The van der Waals surface area contributed by atoms with E-state index in [0.717, 1.165) is 25.5 Å². The third-order valence-electron chi connectivity index (χ3n) is 4.13. The van der Waals surface area contributed by atoms with E-state index in [0.29, 0.717) is 5.92 Å². The third-order valence-corrected chi connectivity index (χ3v) is 4.68. The molecule has 0 aromatic rings. The van der Waals surface area contributed by atoms with Gasteiger partial charge in [0.05, 0.1) is 6.26 Å². The quantitative estimate of drug-likeness (QED) is 0.716. The van der Waals surface area contributed by atoms with E-state index >= 15 is 0 Å². The summed E-state index contributed by atoms with van der Waals surface area (Å²) in [5, 5.41) is 0. The third kappa shape index (κ3) is 2.23. The van der Waals surface area contributed by atoms with Crippen molar-refractivity contribution < 1.29 is 22.1 Å². The first-order valence-electron chi connectivity index (χ1n) is 6.17. The van der Waals surface area contributed by atoms with E-state index in [-0.39, 0.29) is 18.8 Å². The second-order valence-corrected chi connectivity index (χ2v) is 7.04. The van der Waals surface area contributed by atoms with Crippen LogP contribution in [0.5, 0.6) is 0 Å². The first-order valence-corrected chi connectivity index (χ1v) is 7.98. The minimum Gasteiger partial charge on any atom is -0.318 e. The molecule has 1 saturated carbocycles. The van der Waals surface area contributed by atoms with Crippen molar-refractivity contribution in [2.45, 2.75) is 44.2 Å². The van der Waals surface area contributed by atoms with Crippen LogP contribution in [-0.4, -0.2) is 33.4 Å². The van der Waals surface area contributed by atoms with Gasteiger partial charge in [0.25, 0.3) is 10.1 Å². The predicted octanol–water partition coefficient (Wildman–Crippen LogP) is 1.24. The molecule has 6 heteroatoms. The molecule has 6 fully saturated rings. The Hall–Kier alpha value is -0.170. The molecule has 0 aromatic heterocycles. The van der Waals surface area contributed by atoms with Gasteiger partial charge in [0.15, 0.2) is 6.29 Å². The van der Waals surface area contributed by atoms with Gasteiger partial charge in [0, 0.05) is 12.3 Å². The molecule has 0 atom stereocenters. The molecule has 98 valence electrons. The van der Waals surface area contributed by atoms with Crippen molar-refractivity contribution >= 4 is 10.1 Å². The van der Waals surface area contributed by atoms with Crippen molar-refractivity contribution in [2.24, 2.45) is 11.8 Å². The lowest BCUT2D eigenvalue weighted by atomic mass is 9.74. The highest BCUT2D eigenvalue weighted by Crippen LogP contribution is 2.50. The Balaban J connectivity index is 1.73. The Labute approximate surface area is 102 Å². The molecule has 0 aromatic carbocycles. The van der Waals surface area contributed by atoms with E-state index in [1.54, 1.807) is 0 Å². The molecule has 5 aliphatic heterocycles. The highest BCUT2D eigenvalue weighted by Gasteiger charge is 2.56. The lowest BCUT2D eigenvalue weighted by Gasteiger charge is -2.56. The van der Waals surface area contributed by atoms with Gasteiger partial charge in [-0.05, 0) is 31.6 Å². The molecular formula is C11H18O5S. The Kier molecular flexibility index (Phi) is 2.74. The molecule has 6 aliphatic rings. The average molecular weight is 262 g/mol. The lowest BCUT2D eigenvalue weighted by Crippen LogP contribution is -2.63. The molecule has 5 saturated heterocycles. The molecule has 6 rings (SSSR count). The van der Waals surface area contributed by atoms with Crippen LogP contribution in [0.2, 0.25) is 0 Å². The normalized spacial score (nSPS) is 44.9. The molecule has 0 N–H and O–H groups in total. The molecule has 17 heavy (non-hydrogen) atoms. The average Bonchev–Trinajstić information content (AvgIpc) is 2.14. The van der Waals surface area contributed by atoms with E-state index in [1.165, 1.54) is 12.8 Å². The zero-order chi connectivity index (χ0) is 12.1. The van der Waals surface area contributed by atoms with Gasteiger partial charge >= 0.3 is 0 Å². The first kappa shape index (κ1) is 11.9. The van der Waals surface area contributed by atoms with Gasteiger partial charge < -0.3 is 9.47 Å². The summed E-state index contributed by atoms with van der Waals surface area (Å²) >= 11 is 0. The predicted molar refractivity (Wildman–Crippen MR) is 59.5 cm³/mol. The monoisotopic (exact) mass is 262 g/mol. The van der Waals surface area contributed by atoms with Gasteiger partial charge in [-0.2, -0.15) is 8.42 Å². The van der Waals surface area contributed by atoms with Crippen LogP contribution in [0.3, 0.4) is 0 Å². The number of ether oxygens (including phenoxy) is 2. The largest absolute Gasteiger partial charge is 0.318 e. The van der Waals surface area contributed by atoms with Gasteiger partial charge in [0.1, 0.15) is 6.61 Å². The van der Waals surface area contributed by atoms with Crippen LogP contribution in [0.15, 0.2) is 0 Å². The Morgan fingerprint density at radius 3 is 2.47 bits per heavy atom. The van der Waals surface area contributed by atoms with Crippen LogP contribution in [-0.2, 0) is 23.8 Å². The van der Waals surface area contributed by atoms with Crippen molar-refractivity contribution in [1.29, 1.82) is 0 Å². The van der Waals surface area contributed by atoms with E-state index < -0.39 is 15.9 Å². The molecule has 5 nitrogen and oxygen atoms in total. The van der Waals surface area contributed by atoms with Crippen molar-refractivity contribution in [1.82, 2.24) is 0 Å². The maximum atomic E-state index is 11.1. The number of rotatable bonds is 3. The van der Waals surface area contributed by atoms with Gasteiger partial charge in [-0.3, -0.25) is 4.18 Å². The van der Waals surface area contributed by atoms with Crippen LogP contribution >= 0.6 is 0 Å². The lowest BCUT2D eigenvalue weighted by molar-refractivity contribution is -0.485. The fraction of sp³-hybridized carbons (Fsp3) is 1.00. The SMILES string of the molecule is CS(=O)(=O)OCC12OC(CC3CCC1CC3)O2. The van der Waals surface area contributed by atoms with Gasteiger partial charge in [-0.1, -0.05) is 0 Å². The highest BCUT2D eigenvalue weighted by atomic mass is 32.2. The Morgan fingerprint density at radius 2 is 1.88 bits per heavy atom. The summed E-state index contributed by atoms with van der Waals surface area (Å²) < 4.78 is 38.6. The summed E-state index contributed by atoms with van der Waals surface area (Å²) in [5.41, 5.74) is 0. The fourth-order valence-electron chi connectivity index (χ4n) is 3.23. The van der Waals surface area contributed by atoms with Crippen LogP contribution in [0.4, 0.5) is 0 Å². The van der Waals surface area contributed by atoms with Crippen molar-refractivity contribution in [3.05, 3.63) is 0 Å². The summed E-state index contributed by atoms with van der Waals surface area (Å²) in [4.78, 5) is 0. The van der Waals surface area contributed by atoms with E-state index in [4.69, 9.17) is 13.7 Å². The first-order chi connectivity index (χ1) is 7.97. The number of hydrogen-bond acceptors (Lipinski definition) is 5. The maximum Gasteiger partial charge on any atom is 0.264 e. The standard InChI is InChI=1S/C11H18O5S/c1-17(12,13)14-7-11-9-4-2-8(3-5-9)6-10(15-11)16-11/h8-10H,2-7H2,1H3. The highest BCUT2D eigenvalue weighted by molar-refractivity contribution is 7.85. The summed E-state index contributed by atoms with van der Waals surface area (Å²) in [6, 6.07) is 0. The van der Waals surface area contributed by atoms with Gasteiger partial charge in [-0.15, -0.1) is 0 Å². The molecule has 1 aliphatic carbocycles. The van der Waals surface area contributed by atoms with Crippen LogP contribution in [0, 0.1) is 11.8 Å². The maximum absolute atomic E-state index is 11.1. The smallest absolute Gasteiger partial charge is 0.264 e. The molecule has 0 unspecified atom stereocenters. The molecule has 0 amide bonds. The second kappa shape index (κ2) is 3.91. The van der Waals surface area contributed by atoms with E-state index in [2.05, 4.69) is 0 Å². The number of hydrogen-bond donors (Lipinski definition) is 0. The summed E-state index contributed by atoms with van der Waals surface area (Å²) in [5.74, 6) is 0.196. The fourth-order valence-corrected chi connectivity index (χ4v) is 3.61. The Morgan fingerprint density at radius 1 is 1.24 bits per heavy atom. The Bertz CT molecular complexity index is 390. The topological polar surface area (TPSA) is 61.8 Å². The van der Waals surface area contributed by atoms with Crippen LogP contribution < -0.4 is 0 Å². The zero-order valence-corrected chi connectivity index (χ0v) is 10.7. The molecular weight excluding hydrogens is 244 g/mol. The molecule has 5 heterocycles. The van der Waals surface area contributed by atoms with Crippen molar-refractivity contribution in [2.75, 3.05) is 12.9 Å². The summed E-state index contributed by atoms with van der Waals surface area (Å²) in [7, 11) is -3.44. The van der Waals surface area contributed by atoms with E-state index in [9.17, 15) is 8.42 Å². The minimum absolute atomic E-state index is 0.00231. The minimum atomic E-state index is -3.44. The molecule has 0 spiro atoms. The van der Waals surface area contributed by atoms with E-state index in [1.807, 2.05) is 0 Å². The van der Waals surface area contributed by atoms with Crippen molar-refractivity contribution in [3.63, 3.8) is 0 Å². The second-order valence-electron chi connectivity index (χ2n) is 5.40. The summed E-state index contributed by atoms with van der Waals surface area (Å²) in [6.45, 7) is -0.00231. The summed E-state index contributed by atoms with van der Waals surface area (Å²) in [6.07, 6.45) is 6.34. The van der Waals surface area contributed by atoms with Gasteiger partial charge in [0.2, 0.25) is 5.79 Å². The van der Waals surface area contributed by atoms with Gasteiger partial charge in [-0.25, -0.2) is 0 Å². The van der Waals surface area contributed by atoms with Crippen molar-refractivity contribution in [3.8, 4) is 0 Å². The van der Waals surface area contributed by atoms with Crippen LogP contribution in [0.25, 0.3) is 0 Å². The van der Waals surface area contributed by atoms with Crippen LogP contribution in [0.1, 0.15) is 32.1 Å². The zero-order valence-electron chi connectivity index (χ0n) is 9.92. The molecule has 0 radical (unpaired) electrons.